The van der Waals surface area contributed by atoms with E-state index in [-0.39, 0.29) is 10.6 Å². The van der Waals surface area contributed by atoms with Crippen molar-refractivity contribution in [3.05, 3.63) is 76.0 Å². The van der Waals surface area contributed by atoms with Gasteiger partial charge in [-0.1, -0.05) is 24.3 Å². The number of nitro groups is 1. The molecule has 2 aromatic carbocycles. The molecule has 3 aromatic rings. The van der Waals surface area contributed by atoms with Crippen LogP contribution in [-0.4, -0.2) is 9.49 Å². The number of nitriles is 1. The summed E-state index contributed by atoms with van der Waals surface area (Å²) in [6, 6.07) is 16.3. The van der Waals surface area contributed by atoms with Crippen LogP contribution in [0.4, 0.5) is 5.69 Å². The van der Waals surface area contributed by atoms with Gasteiger partial charge < -0.3 is 4.57 Å². The minimum Gasteiger partial charge on any atom is -0.343 e. The van der Waals surface area contributed by atoms with Gasteiger partial charge >= 0.3 is 0 Å². The maximum Gasteiger partial charge on any atom is 0.278 e. The highest BCUT2D eigenvalue weighted by atomic mass is 16.6. The SMILES string of the molecule is N#Cc1ccccc1Cn1ccc2c([N+](=O)[O-])cccc21. The van der Waals surface area contributed by atoms with E-state index in [1.54, 1.807) is 18.2 Å². The summed E-state index contributed by atoms with van der Waals surface area (Å²) in [5.41, 5.74) is 2.39. The molecule has 0 amide bonds. The lowest BCUT2D eigenvalue weighted by molar-refractivity contribution is -0.383. The Labute approximate surface area is 120 Å². The van der Waals surface area contributed by atoms with E-state index < -0.39 is 0 Å². The van der Waals surface area contributed by atoms with Crippen LogP contribution in [0.25, 0.3) is 10.9 Å². The van der Waals surface area contributed by atoms with Crippen LogP contribution < -0.4 is 0 Å². The van der Waals surface area contributed by atoms with E-state index in [0.29, 0.717) is 17.5 Å². The molecule has 0 aliphatic heterocycles. The van der Waals surface area contributed by atoms with Crippen molar-refractivity contribution in [2.75, 3.05) is 0 Å². The molecule has 3 rings (SSSR count). The van der Waals surface area contributed by atoms with Gasteiger partial charge in [0.25, 0.3) is 5.69 Å². The molecule has 0 saturated heterocycles. The van der Waals surface area contributed by atoms with E-state index in [9.17, 15) is 10.1 Å². The van der Waals surface area contributed by atoms with Gasteiger partial charge in [0.2, 0.25) is 0 Å². The average molecular weight is 277 g/mol. The maximum atomic E-state index is 11.0. The third kappa shape index (κ3) is 2.23. The first-order chi connectivity index (χ1) is 10.2. The lowest BCUT2D eigenvalue weighted by atomic mass is 10.1. The minimum atomic E-state index is -0.379. The normalized spacial score (nSPS) is 10.4. The number of nitrogens with zero attached hydrogens (tertiary/aromatic N) is 3. The Morgan fingerprint density at radius 3 is 2.71 bits per heavy atom. The fraction of sp³-hybridized carbons (Fsp3) is 0.0625. The first-order valence-electron chi connectivity index (χ1n) is 6.41. The Balaban J connectivity index is 2.09. The van der Waals surface area contributed by atoms with Crippen LogP contribution >= 0.6 is 0 Å². The molecule has 5 heteroatoms. The number of hydrogen-bond donors (Lipinski definition) is 0. The number of hydrogen-bond acceptors (Lipinski definition) is 3. The van der Waals surface area contributed by atoms with Gasteiger partial charge in [0.1, 0.15) is 0 Å². The molecule has 0 aliphatic carbocycles. The Hall–Kier alpha value is -3.13. The molecule has 102 valence electrons. The molecule has 1 heterocycles. The van der Waals surface area contributed by atoms with Crippen molar-refractivity contribution < 1.29 is 4.92 Å². The summed E-state index contributed by atoms with van der Waals surface area (Å²) in [7, 11) is 0. The summed E-state index contributed by atoms with van der Waals surface area (Å²) >= 11 is 0. The van der Waals surface area contributed by atoms with E-state index in [0.717, 1.165) is 11.1 Å². The zero-order valence-electron chi connectivity index (χ0n) is 11.1. The van der Waals surface area contributed by atoms with E-state index in [4.69, 9.17) is 5.26 Å². The highest BCUT2D eigenvalue weighted by molar-refractivity contribution is 5.89. The lowest BCUT2D eigenvalue weighted by Crippen LogP contribution is -2.00. The molecule has 0 aliphatic rings. The molecule has 5 nitrogen and oxygen atoms in total. The van der Waals surface area contributed by atoms with Gasteiger partial charge in [-0.25, -0.2) is 0 Å². The van der Waals surface area contributed by atoms with Crippen molar-refractivity contribution in [2.45, 2.75) is 6.54 Å². The lowest BCUT2D eigenvalue weighted by Gasteiger charge is -2.07. The molecule has 0 N–H and O–H groups in total. The van der Waals surface area contributed by atoms with Crippen molar-refractivity contribution >= 4 is 16.6 Å². The van der Waals surface area contributed by atoms with Gasteiger partial charge in [-0.05, 0) is 23.8 Å². The second kappa shape index (κ2) is 5.10. The summed E-state index contributed by atoms with van der Waals surface area (Å²) in [6.45, 7) is 0.508. The van der Waals surface area contributed by atoms with E-state index in [1.807, 2.05) is 35.0 Å². The summed E-state index contributed by atoms with van der Waals surface area (Å²) in [6.07, 6.45) is 1.81. The first kappa shape index (κ1) is 12.9. The molecule has 0 atom stereocenters. The number of rotatable bonds is 3. The second-order valence-electron chi connectivity index (χ2n) is 4.68. The van der Waals surface area contributed by atoms with Crippen LogP contribution in [0.5, 0.6) is 0 Å². The number of non-ortho nitro benzene ring substituents is 1. The Morgan fingerprint density at radius 1 is 1.14 bits per heavy atom. The number of benzene rings is 2. The molecule has 0 radical (unpaired) electrons. The topological polar surface area (TPSA) is 71.9 Å². The summed E-state index contributed by atoms with van der Waals surface area (Å²) < 4.78 is 1.92. The predicted molar refractivity (Wildman–Crippen MR) is 78.9 cm³/mol. The molecule has 0 saturated carbocycles. The van der Waals surface area contributed by atoms with Crippen LogP contribution in [0.3, 0.4) is 0 Å². The Bertz CT molecular complexity index is 875. The summed E-state index contributed by atoms with van der Waals surface area (Å²) in [5.74, 6) is 0. The molecule has 1 aromatic heterocycles. The van der Waals surface area contributed by atoms with Crippen molar-refractivity contribution in [1.29, 1.82) is 5.26 Å². The Kier molecular flexibility index (Phi) is 3.13. The summed E-state index contributed by atoms with van der Waals surface area (Å²) in [5, 5.41) is 20.8. The third-order valence-corrected chi connectivity index (χ3v) is 3.47. The predicted octanol–water partition coefficient (Wildman–Crippen LogP) is 3.47. The molecule has 0 unspecified atom stereocenters. The molecule has 21 heavy (non-hydrogen) atoms. The van der Waals surface area contributed by atoms with Crippen molar-refractivity contribution in [1.82, 2.24) is 4.57 Å². The quantitative estimate of drug-likeness (QED) is 0.543. The van der Waals surface area contributed by atoms with Gasteiger partial charge in [0, 0.05) is 18.8 Å². The third-order valence-electron chi connectivity index (χ3n) is 3.47. The number of fused-ring (bicyclic) bond motifs is 1. The fourth-order valence-electron chi connectivity index (χ4n) is 2.46. The Morgan fingerprint density at radius 2 is 1.95 bits per heavy atom. The van der Waals surface area contributed by atoms with Crippen LogP contribution in [0, 0.1) is 21.4 Å². The van der Waals surface area contributed by atoms with E-state index in [2.05, 4.69) is 6.07 Å². The number of nitro benzene ring substituents is 1. The maximum absolute atomic E-state index is 11.0. The van der Waals surface area contributed by atoms with Gasteiger partial charge in [-0.2, -0.15) is 5.26 Å². The monoisotopic (exact) mass is 277 g/mol. The zero-order valence-corrected chi connectivity index (χ0v) is 11.1. The van der Waals surface area contributed by atoms with Crippen LogP contribution in [-0.2, 0) is 6.54 Å². The number of aromatic nitrogens is 1. The average Bonchev–Trinajstić information content (AvgIpc) is 2.91. The van der Waals surface area contributed by atoms with Crippen LogP contribution in [0.15, 0.2) is 54.7 Å². The van der Waals surface area contributed by atoms with Gasteiger partial charge in [0.15, 0.2) is 0 Å². The van der Waals surface area contributed by atoms with E-state index >= 15 is 0 Å². The summed E-state index contributed by atoms with van der Waals surface area (Å²) in [4.78, 5) is 10.7. The fourth-order valence-corrected chi connectivity index (χ4v) is 2.46. The second-order valence-corrected chi connectivity index (χ2v) is 4.68. The minimum absolute atomic E-state index is 0.0971. The van der Waals surface area contributed by atoms with Gasteiger partial charge in [-0.15, -0.1) is 0 Å². The smallest absolute Gasteiger partial charge is 0.278 e. The highest BCUT2D eigenvalue weighted by Gasteiger charge is 2.14. The van der Waals surface area contributed by atoms with Crippen molar-refractivity contribution in [3.63, 3.8) is 0 Å². The van der Waals surface area contributed by atoms with Gasteiger partial charge in [0.05, 0.1) is 27.5 Å². The molecule has 0 fully saturated rings. The molecule has 0 bridgehead atoms. The standard InChI is InChI=1S/C16H11N3O2/c17-10-12-4-1-2-5-13(12)11-18-9-8-14-15(18)6-3-7-16(14)19(20)21/h1-9H,11H2. The largest absolute Gasteiger partial charge is 0.343 e. The zero-order chi connectivity index (χ0) is 14.8. The van der Waals surface area contributed by atoms with Crippen LogP contribution in [0.1, 0.15) is 11.1 Å². The molecular formula is C16H11N3O2. The molecular weight excluding hydrogens is 266 g/mol. The highest BCUT2D eigenvalue weighted by Crippen LogP contribution is 2.27. The molecule has 0 spiro atoms. The van der Waals surface area contributed by atoms with Gasteiger partial charge in [-0.3, -0.25) is 10.1 Å². The van der Waals surface area contributed by atoms with Crippen molar-refractivity contribution in [3.8, 4) is 6.07 Å². The van der Waals surface area contributed by atoms with E-state index in [1.165, 1.54) is 6.07 Å². The first-order valence-corrected chi connectivity index (χ1v) is 6.41. The van der Waals surface area contributed by atoms with Crippen LogP contribution in [0.2, 0.25) is 0 Å². The van der Waals surface area contributed by atoms with Crippen molar-refractivity contribution in [2.24, 2.45) is 0 Å².